The van der Waals surface area contributed by atoms with Gasteiger partial charge in [0, 0.05) is 55.1 Å². The van der Waals surface area contributed by atoms with Crippen LogP contribution < -0.4 is 11.1 Å². The maximum Gasteiger partial charge on any atom is 0.353 e. The first-order valence-corrected chi connectivity index (χ1v) is 13.1. The predicted molar refractivity (Wildman–Crippen MR) is 129 cm³/mol. The largest absolute Gasteiger partial charge is 0.477 e. The zero-order valence-corrected chi connectivity index (χ0v) is 21.1. The topological polar surface area (TPSA) is 133 Å². The molecule has 8 atom stereocenters. The first kappa shape index (κ1) is 25.2. The Bertz CT molecular complexity index is 921. The molecule has 9 nitrogen and oxygen atoms in total. The lowest BCUT2D eigenvalue weighted by Gasteiger charge is -2.47. The van der Waals surface area contributed by atoms with Gasteiger partial charge in [-0.3, -0.25) is 14.4 Å². The number of nitrogens with two attached hydrogens (primary N) is 1. The van der Waals surface area contributed by atoms with E-state index in [1.807, 2.05) is 13.8 Å². The molecule has 4 rings (SSSR count). The lowest BCUT2D eigenvalue weighted by atomic mass is 9.72. The van der Waals surface area contributed by atoms with Gasteiger partial charge in [0.05, 0.1) is 18.0 Å². The first-order chi connectivity index (χ1) is 16.0. The van der Waals surface area contributed by atoms with Gasteiger partial charge in [-0.05, 0) is 31.6 Å². The van der Waals surface area contributed by atoms with Gasteiger partial charge < -0.3 is 26.0 Å². The number of thioether (sulfide) groups is 1. The monoisotopic (exact) mass is 492 g/mol. The molecule has 0 aromatic heterocycles. The van der Waals surface area contributed by atoms with E-state index in [0.717, 1.165) is 12.8 Å². The van der Waals surface area contributed by atoms with Gasteiger partial charge in [-0.1, -0.05) is 13.8 Å². The molecule has 1 unspecified atom stereocenters. The van der Waals surface area contributed by atoms with E-state index in [-0.39, 0.29) is 70.3 Å². The fourth-order valence-electron chi connectivity index (χ4n) is 6.16. The molecule has 10 heteroatoms. The van der Waals surface area contributed by atoms with Crippen molar-refractivity contribution >= 4 is 35.3 Å². The van der Waals surface area contributed by atoms with Gasteiger partial charge in [0.1, 0.15) is 11.5 Å². The summed E-state index contributed by atoms with van der Waals surface area (Å²) in [6.07, 6.45) is 3.34. The lowest BCUT2D eigenvalue weighted by molar-refractivity contribution is -0.160. The van der Waals surface area contributed by atoms with Crippen LogP contribution in [-0.2, 0) is 19.2 Å². The molecule has 4 aliphatic rings. The number of likely N-dealkylation sites (N-methyl/N-ethyl adjacent to an activating group) is 1. The van der Waals surface area contributed by atoms with Crippen molar-refractivity contribution in [3.05, 3.63) is 10.6 Å². The number of rotatable bonds is 8. The highest BCUT2D eigenvalue weighted by Gasteiger charge is 2.60. The van der Waals surface area contributed by atoms with E-state index < -0.39 is 5.97 Å². The van der Waals surface area contributed by atoms with Crippen LogP contribution in [0.3, 0.4) is 0 Å². The average Bonchev–Trinajstić information content (AvgIpc) is 3.46. The van der Waals surface area contributed by atoms with Crippen molar-refractivity contribution in [1.82, 2.24) is 15.1 Å². The summed E-state index contributed by atoms with van der Waals surface area (Å²) in [7, 11) is 3.44. The first-order valence-electron chi connectivity index (χ1n) is 12.2. The third-order valence-corrected chi connectivity index (χ3v) is 9.49. The van der Waals surface area contributed by atoms with Crippen LogP contribution in [0.4, 0.5) is 0 Å². The summed E-state index contributed by atoms with van der Waals surface area (Å²) in [5.41, 5.74) is 6.04. The minimum absolute atomic E-state index is 0.00998. The molecule has 188 valence electrons. The van der Waals surface area contributed by atoms with Gasteiger partial charge in [0.2, 0.25) is 11.8 Å². The van der Waals surface area contributed by atoms with Gasteiger partial charge in [-0.15, -0.1) is 11.8 Å². The second-order valence-electron chi connectivity index (χ2n) is 10.6. The fraction of sp³-hybridized carbons (Fsp3) is 0.750. The van der Waals surface area contributed by atoms with Crippen molar-refractivity contribution in [3.8, 4) is 0 Å². The van der Waals surface area contributed by atoms with Crippen molar-refractivity contribution in [1.29, 1.82) is 0 Å². The van der Waals surface area contributed by atoms with E-state index in [2.05, 4.69) is 5.32 Å². The molecule has 2 saturated heterocycles. The highest BCUT2D eigenvalue weighted by atomic mass is 32.2. The van der Waals surface area contributed by atoms with E-state index >= 15 is 0 Å². The van der Waals surface area contributed by atoms with Crippen LogP contribution in [0.2, 0.25) is 0 Å². The maximum atomic E-state index is 13.1. The Labute approximate surface area is 204 Å². The van der Waals surface area contributed by atoms with E-state index in [1.165, 1.54) is 16.7 Å². The Morgan fingerprint density at radius 3 is 2.56 bits per heavy atom. The number of β-lactam (4-membered cyclic amide) rings is 1. The van der Waals surface area contributed by atoms with Crippen LogP contribution in [0.1, 0.15) is 46.0 Å². The number of Topliss-reactive ketones (excluding diaryl/α,β-unsaturated/α-hetero) is 1. The van der Waals surface area contributed by atoms with Crippen molar-refractivity contribution < 1.29 is 24.3 Å². The molecule has 4 N–H and O–H groups in total. The van der Waals surface area contributed by atoms with Crippen molar-refractivity contribution in [2.24, 2.45) is 29.4 Å². The molecule has 0 bridgehead atoms. The third-order valence-electron chi connectivity index (χ3n) is 7.98. The number of carboxylic acids is 1. The molecule has 0 aromatic carbocycles. The second kappa shape index (κ2) is 9.62. The average molecular weight is 493 g/mol. The number of fused-ring (bicyclic) bond motifs is 1. The smallest absolute Gasteiger partial charge is 0.353 e. The molecular formula is C24H36N4O5S. The van der Waals surface area contributed by atoms with Crippen LogP contribution >= 0.6 is 11.8 Å². The number of hydrogen-bond donors (Lipinski definition) is 3. The maximum absolute atomic E-state index is 13.1. The zero-order chi connectivity index (χ0) is 24.9. The molecule has 3 fully saturated rings. The number of ketones is 1. The van der Waals surface area contributed by atoms with Gasteiger partial charge in [-0.2, -0.15) is 0 Å². The Morgan fingerprint density at radius 1 is 1.26 bits per heavy atom. The van der Waals surface area contributed by atoms with Crippen LogP contribution in [0.5, 0.6) is 0 Å². The third kappa shape index (κ3) is 4.40. The Morgan fingerprint density at radius 2 is 1.97 bits per heavy atom. The molecule has 2 amide bonds. The SMILES string of the molecule is C[C@@H](CC(=O)[C@H]1CC[C@@H](N)C1)[C@H]1C(=O)N2C(C(=O)O)=C(S[C@@H]3CNC(C(=O)N(C)C)C3)[C@H](C)[C@H]12. The Balaban J connectivity index is 1.44. The number of carboxylic acid groups (broad SMARTS) is 1. The van der Waals surface area contributed by atoms with Gasteiger partial charge >= 0.3 is 5.97 Å². The number of nitrogens with zero attached hydrogens (tertiary/aromatic N) is 2. The molecule has 1 saturated carbocycles. The number of nitrogens with one attached hydrogen (secondary N) is 1. The van der Waals surface area contributed by atoms with Crippen LogP contribution in [0.25, 0.3) is 0 Å². The number of carbonyl (C=O) groups excluding carboxylic acids is 3. The normalized spacial score (nSPS) is 35.9. The zero-order valence-electron chi connectivity index (χ0n) is 20.3. The molecule has 0 aromatic rings. The van der Waals surface area contributed by atoms with Crippen LogP contribution in [0, 0.1) is 23.7 Å². The summed E-state index contributed by atoms with van der Waals surface area (Å²) in [6, 6.07) is -0.429. The summed E-state index contributed by atoms with van der Waals surface area (Å²) in [6.45, 7) is 4.52. The lowest BCUT2D eigenvalue weighted by Crippen LogP contribution is -2.62. The minimum Gasteiger partial charge on any atom is -0.477 e. The van der Waals surface area contributed by atoms with E-state index in [4.69, 9.17) is 5.73 Å². The van der Waals surface area contributed by atoms with Gasteiger partial charge in [0.15, 0.2) is 0 Å². The van der Waals surface area contributed by atoms with E-state index in [0.29, 0.717) is 30.7 Å². The van der Waals surface area contributed by atoms with Crippen molar-refractivity contribution in [2.45, 2.75) is 69.3 Å². The Kier molecular flexibility index (Phi) is 7.13. The summed E-state index contributed by atoms with van der Waals surface area (Å²) in [5.74, 6) is -1.75. The Hall–Kier alpha value is -1.91. The molecule has 3 heterocycles. The van der Waals surface area contributed by atoms with E-state index in [1.54, 1.807) is 19.0 Å². The standard InChI is InChI=1S/C24H36N4O5S/c1-11(7-17(29)13-5-6-14(25)8-13)18-19-12(2)21(20(24(32)33)28(19)23(18)31)34-15-9-16(26-10-15)22(30)27(3)4/h11-16,18-19,26H,5-10,25H2,1-4H3,(H,32,33)/t11-,12+,13-,14+,15-,16?,18+,19+/m0/s1. The number of carbonyl (C=O) groups is 4. The van der Waals surface area contributed by atoms with E-state index in [9.17, 15) is 24.3 Å². The molecule has 0 radical (unpaired) electrons. The quantitative estimate of drug-likeness (QED) is 0.428. The van der Waals surface area contributed by atoms with Gasteiger partial charge in [-0.25, -0.2) is 4.79 Å². The fourth-order valence-corrected chi connectivity index (χ4v) is 7.64. The van der Waals surface area contributed by atoms with Gasteiger partial charge in [0.25, 0.3) is 0 Å². The summed E-state index contributed by atoms with van der Waals surface area (Å²) in [4.78, 5) is 54.1. The predicted octanol–water partition coefficient (Wildman–Crippen LogP) is 1.03. The number of amides is 2. The molecule has 3 aliphatic heterocycles. The van der Waals surface area contributed by atoms with Crippen LogP contribution in [-0.4, -0.2) is 82.5 Å². The summed E-state index contributed by atoms with van der Waals surface area (Å²) in [5, 5.41) is 13.3. The highest BCUT2D eigenvalue weighted by molar-refractivity contribution is 8.03. The molecule has 0 spiro atoms. The summed E-state index contributed by atoms with van der Waals surface area (Å²) >= 11 is 1.48. The number of hydrogen-bond acceptors (Lipinski definition) is 7. The van der Waals surface area contributed by atoms with Crippen LogP contribution in [0.15, 0.2) is 10.6 Å². The molecular weight excluding hydrogens is 456 g/mol. The highest BCUT2D eigenvalue weighted by Crippen LogP contribution is 2.53. The minimum atomic E-state index is -1.10. The van der Waals surface area contributed by atoms with Crippen molar-refractivity contribution in [2.75, 3.05) is 20.6 Å². The number of aliphatic carboxylic acids is 1. The molecule has 34 heavy (non-hydrogen) atoms. The summed E-state index contributed by atoms with van der Waals surface area (Å²) < 4.78 is 0. The molecule has 1 aliphatic carbocycles. The van der Waals surface area contributed by atoms with Crippen molar-refractivity contribution in [3.63, 3.8) is 0 Å². The second-order valence-corrected chi connectivity index (χ2v) is 12.0.